The van der Waals surface area contributed by atoms with Crippen LogP contribution in [0.5, 0.6) is 5.75 Å². The van der Waals surface area contributed by atoms with Gasteiger partial charge < -0.3 is 24.3 Å². The van der Waals surface area contributed by atoms with Gasteiger partial charge in [0, 0.05) is 24.7 Å². The van der Waals surface area contributed by atoms with E-state index in [9.17, 15) is 4.39 Å². The first kappa shape index (κ1) is 18.8. The van der Waals surface area contributed by atoms with Crippen molar-refractivity contribution in [2.45, 2.75) is 42.9 Å². The predicted molar refractivity (Wildman–Crippen MR) is 101 cm³/mol. The molecule has 6 nitrogen and oxygen atoms in total. The Hall–Kier alpha value is -1.25. The summed E-state index contributed by atoms with van der Waals surface area (Å²) in [6.07, 6.45) is 3.01. The molecule has 1 N–H and O–H groups in total. The van der Waals surface area contributed by atoms with Gasteiger partial charge in [-0.25, -0.2) is 4.39 Å². The van der Waals surface area contributed by atoms with E-state index < -0.39 is 0 Å². The van der Waals surface area contributed by atoms with E-state index in [0.717, 1.165) is 63.4 Å². The fourth-order valence-electron chi connectivity index (χ4n) is 4.94. The predicted octanol–water partition coefficient (Wildman–Crippen LogP) is 1.89. The molecular weight excluding hydrogens is 363 g/mol. The largest absolute Gasteiger partial charge is 0.485 e. The van der Waals surface area contributed by atoms with Crippen molar-refractivity contribution in [1.29, 1.82) is 0 Å². The highest BCUT2D eigenvalue weighted by Gasteiger charge is 2.47. The Balaban J connectivity index is 1.22. The van der Waals surface area contributed by atoms with Crippen LogP contribution in [-0.2, 0) is 14.2 Å². The molecule has 0 aromatic heterocycles. The Kier molecular flexibility index (Phi) is 5.28. The number of piperidine rings is 1. The second-order valence-electron chi connectivity index (χ2n) is 8.55. The molecule has 28 heavy (non-hydrogen) atoms. The molecule has 0 radical (unpaired) electrons. The van der Waals surface area contributed by atoms with E-state index >= 15 is 0 Å². The highest BCUT2D eigenvalue weighted by atomic mass is 19.1. The minimum absolute atomic E-state index is 0.0925. The summed E-state index contributed by atoms with van der Waals surface area (Å²) >= 11 is 0. The Bertz CT molecular complexity index is 685. The van der Waals surface area contributed by atoms with Gasteiger partial charge in [0.2, 0.25) is 0 Å². The number of hydrogen-bond donors (Lipinski definition) is 1. The molecule has 1 atom stereocenters. The molecule has 0 aliphatic carbocycles. The van der Waals surface area contributed by atoms with Gasteiger partial charge in [-0.2, -0.15) is 0 Å². The maximum atomic E-state index is 14.0. The van der Waals surface area contributed by atoms with Crippen LogP contribution in [0.1, 0.15) is 30.7 Å². The van der Waals surface area contributed by atoms with Crippen LogP contribution in [0.3, 0.4) is 0 Å². The normalized spacial score (nSPS) is 29.1. The Labute approximate surface area is 165 Å². The summed E-state index contributed by atoms with van der Waals surface area (Å²) < 4.78 is 36.8. The highest BCUT2D eigenvalue weighted by molar-refractivity contribution is 5.37. The third-order valence-corrected chi connectivity index (χ3v) is 6.61. The Morgan fingerprint density at radius 1 is 1.11 bits per heavy atom. The summed E-state index contributed by atoms with van der Waals surface area (Å²) in [4.78, 5) is 2.56. The smallest absolute Gasteiger partial charge is 0.147 e. The minimum atomic E-state index is -0.204. The van der Waals surface area contributed by atoms with Crippen molar-refractivity contribution >= 4 is 0 Å². The van der Waals surface area contributed by atoms with Crippen molar-refractivity contribution in [1.82, 2.24) is 10.2 Å². The topological polar surface area (TPSA) is 52.2 Å². The highest BCUT2D eigenvalue weighted by Crippen LogP contribution is 2.38. The maximum Gasteiger partial charge on any atom is 0.147 e. The number of rotatable bonds is 4. The van der Waals surface area contributed by atoms with Crippen LogP contribution < -0.4 is 10.1 Å². The van der Waals surface area contributed by atoms with Gasteiger partial charge in [-0.3, -0.25) is 4.90 Å². The van der Waals surface area contributed by atoms with Crippen LogP contribution in [-0.4, -0.2) is 75.4 Å². The molecule has 154 valence electrons. The monoisotopic (exact) mass is 392 g/mol. The van der Waals surface area contributed by atoms with Gasteiger partial charge in [0.05, 0.1) is 25.4 Å². The van der Waals surface area contributed by atoms with Crippen LogP contribution >= 0.6 is 0 Å². The van der Waals surface area contributed by atoms with Gasteiger partial charge >= 0.3 is 0 Å². The summed E-state index contributed by atoms with van der Waals surface area (Å²) in [7, 11) is 0. The summed E-state index contributed by atoms with van der Waals surface area (Å²) in [5, 5.41) is 3.33. The first-order chi connectivity index (χ1) is 13.7. The number of likely N-dealkylation sites (tertiary alicyclic amines) is 1. The van der Waals surface area contributed by atoms with Crippen LogP contribution in [0, 0.1) is 5.82 Å². The van der Waals surface area contributed by atoms with E-state index in [1.807, 2.05) is 0 Å². The number of ether oxygens (including phenoxy) is 4. The fraction of sp³-hybridized carbons (Fsp3) is 0.714. The number of nitrogens with zero attached hydrogens (tertiary/aromatic N) is 1. The third-order valence-electron chi connectivity index (χ3n) is 6.61. The summed E-state index contributed by atoms with van der Waals surface area (Å²) in [6.45, 7) is 6.18. The molecule has 1 aromatic carbocycles. The van der Waals surface area contributed by atoms with Crippen molar-refractivity contribution in [2.75, 3.05) is 52.8 Å². The fourth-order valence-corrected chi connectivity index (χ4v) is 4.94. The lowest BCUT2D eigenvalue weighted by molar-refractivity contribution is -0.143. The van der Waals surface area contributed by atoms with E-state index in [4.69, 9.17) is 18.9 Å². The van der Waals surface area contributed by atoms with Gasteiger partial charge in [-0.05, 0) is 56.5 Å². The molecule has 1 spiro atoms. The molecule has 4 aliphatic heterocycles. The second-order valence-corrected chi connectivity index (χ2v) is 8.55. The second kappa shape index (κ2) is 7.88. The van der Waals surface area contributed by atoms with Crippen molar-refractivity contribution in [2.24, 2.45) is 0 Å². The zero-order valence-electron chi connectivity index (χ0n) is 16.2. The summed E-state index contributed by atoms with van der Waals surface area (Å²) in [6, 6.07) is 5.39. The average molecular weight is 392 g/mol. The van der Waals surface area contributed by atoms with Crippen LogP contribution in [0.25, 0.3) is 0 Å². The molecule has 1 aromatic rings. The van der Waals surface area contributed by atoms with E-state index in [-0.39, 0.29) is 17.5 Å². The molecule has 4 aliphatic rings. The molecule has 0 amide bonds. The number of benzene rings is 1. The standard InChI is InChI=1S/C21H29FN2O4/c22-16-1-2-20(28-18-10-25-14-26-11-18)19(7-16)15-3-5-24(6-4-15)17-8-21(27-9-17)12-23-13-21/h1-2,7,15,17-18,23H,3-6,8-14H2. The van der Waals surface area contributed by atoms with E-state index in [2.05, 4.69) is 10.2 Å². The number of nitrogens with one attached hydrogen (secondary N) is 1. The van der Waals surface area contributed by atoms with Crippen molar-refractivity contribution in [3.63, 3.8) is 0 Å². The third kappa shape index (κ3) is 3.78. The van der Waals surface area contributed by atoms with Gasteiger partial charge in [-0.15, -0.1) is 0 Å². The van der Waals surface area contributed by atoms with Crippen LogP contribution in [0.4, 0.5) is 4.39 Å². The molecule has 4 heterocycles. The maximum absolute atomic E-state index is 14.0. The Morgan fingerprint density at radius 3 is 2.57 bits per heavy atom. The average Bonchev–Trinajstić information content (AvgIpc) is 3.17. The molecule has 0 bridgehead atoms. The zero-order chi connectivity index (χ0) is 19.0. The lowest BCUT2D eigenvalue weighted by Crippen LogP contribution is -2.59. The Morgan fingerprint density at radius 2 is 1.89 bits per heavy atom. The van der Waals surface area contributed by atoms with Crippen molar-refractivity contribution in [3.8, 4) is 5.75 Å². The molecular formula is C21H29FN2O4. The van der Waals surface area contributed by atoms with E-state index in [1.165, 1.54) is 6.07 Å². The molecule has 7 heteroatoms. The molecule has 0 saturated carbocycles. The summed E-state index contributed by atoms with van der Waals surface area (Å²) in [5.41, 5.74) is 1.07. The first-order valence-corrected chi connectivity index (χ1v) is 10.4. The van der Waals surface area contributed by atoms with E-state index in [1.54, 1.807) is 12.1 Å². The van der Waals surface area contributed by atoms with Crippen molar-refractivity contribution in [3.05, 3.63) is 29.6 Å². The van der Waals surface area contributed by atoms with E-state index in [0.29, 0.717) is 32.0 Å². The van der Waals surface area contributed by atoms with Gasteiger partial charge in [0.1, 0.15) is 24.5 Å². The summed E-state index contributed by atoms with van der Waals surface area (Å²) in [5.74, 6) is 0.876. The van der Waals surface area contributed by atoms with Gasteiger partial charge in [0.25, 0.3) is 0 Å². The molecule has 5 rings (SSSR count). The number of hydrogen-bond acceptors (Lipinski definition) is 6. The zero-order valence-corrected chi connectivity index (χ0v) is 16.2. The molecule has 1 unspecified atom stereocenters. The number of halogens is 1. The van der Waals surface area contributed by atoms with Gasteiger partial charge in [-0.1, -0.05) is 0 Å². The van der Waals surface area contributed by atoms with Crippen LogP contribution in [0.15, 0.2) is 18.2 Å². The van der Waals surface area contributed by atoms with Crippen molar-refractivity contribution < 1.29 is 23.3 Å². The van der Waals surface area contributed by atoms with Gasteiger partial charge in [0.15, 0.2) is 0 Å². The lowest BCUT2D eigenvalue weighted by Gasteiger charge is -2.40. The SMILES string of the molecule is Fc1ccc(OC2COCOC2)c(C2CCN(C3COC4(CNC4)C3)CC2)c1. The lowest BCUT2D eigenvalue weighted by atomic mass is 9.86. The molecule has 4 fully saturated rings. The first-order valence-electron chi connectivity index (χ1n) is 10.4. The quantitative estimate of drug-likeness (QED) is 0.845. The van der Waals surface area contributed by atoms with Crippen LogP contribution in [0.2, 0.25) is 0 Å². The minimum Gasteiger partial charge on any atom is -0.485 e. The molecule has 4 saturated heterocycles.